The molecule has 0 bridgehead atoms. The van der Waals surface area contributed by atoms with Gasteiger partial charge in [0.1, 0.15) is 0 Å². The summed E-state index contributed by atoms with van der Waals surface area (Å²) in [4.78, 5) is 5.17. The van der Waals surface area contributed by atoms with E-state index >= 15 is 0 Å². The highest BCUT2D eigenvalue weighted by Crippen LogP contribution is 2.25. The fourth-order valence-corrected chi connectivity index (χ4v) is 3.53. The van der Waals surface area contributed by atoms with E-state index < -0.39 is 0 Å². The van der Waals surface area contributed by atoms with Gasteiger partial charge in [-0.2, -0.15) is 0 Å². The summed E-state index contributed by atoms with van der Waals surface area (Å²) in [6.45, 7) is 8.42. The molecule has 4 atom stereocenters. The fraction of sp³-hybridized carbons (Fsp3) is 1.00. The maximum absolute atomic E-state index is 6.08. The van der Waals surface area contributed by atoms with Crippen molar-refractivity contribution >= 4 is 0 Å². The van der Waals surface area contributed by atoms with Crippen LogP contribution in [0.4, 0.5) is 0 Å². The van der Waals surface area contributed by atoms with Gasteiger partial charge in [-0.1, -0.05) is 6.42 Å². The molecule has 0 aromatic carbocycles. The van der Waals surface area contributed by atoms with E-state index in [1.54, 1.807) is 0 Å². The van der Waals surface area contributed by atoms with E-state index in [4.69, 9.17) is 5.73 Å². The Morgan fingerprint density at radius 2 is 1.76 bits per heavy atom. The third-order valence-corrected chi connectivity index (χ3v) is 4.78. The number of likely N-dealkylation sites (N-methyl/N-ethyl adjacent to an activating group) is 1. The summed E-state index contributed by atoms with van der Waals surface area (Å²) in [7, 11) is 2.25. The van der Waals surface area contributed by atoms with E-state index in [1.807, 2.05) is 0 Å². The van der Waals surface area contributed by atoms with E-state index in [9.17, 15) is 0 Å². The molecule has 1 heterocycles. The zero-order valence-corrected chi connectivity index (χ0v) is 11.7. The van der Waals surface area contributed by atoms with Crippen molar-refractivity contribution in [1.29, 1.82) is 0 Å². The lowest BCUT2D eigenvalue weighted by atomic mass is 9.85. The predicted octanol–water partition coefficient (Wildman–Crippen LogP) is 1.53. The quantitative estimate of drug-likeness (QED) is 0.793. The Labute approximate surface area is 106 Å². The second kappa shape index (κ2) is 5.68. The fourth-order valence-electron chi connectivity index (χ4n) is 3.53. The monoisotopic (exact) mass is 239 g/mol. The molecule has 1 aliphatic carbocycles. The first-order valence-corrected chi connectivity index (χ1v) is 7.26. The smallest absolute Gasteiger partial charge is 0.0195 e. The summed E-state index contributed by atoms with van der Waals surface area (Å²) in [5.74, 6) is 0.849. The molecule has 4 unspecified atom stereocenters. The van der Waals surface area contributed by atoms with Crippen molar-refractivity contribution in [1.82, 2.24) is 9.80 Å². The van der Waals surface area contributed by atoms with Gasteiger partial charge in [-0.15, -0.1) is 0 Å². The third-order valence-electron chi connectivity index (χ3n) is 4.78. The molecular formula is C14H29N3. The van der Waals surface area contributed by atoms with Crippen LogP contribution in [0.2, 0.25) is 0 Å². The third kappa shape index (κ3) is 3.43. The van der Waals surface area contributed by atoms with E-state index in [1.165, 1.54) is 45.3 Å². The van der Waals surface area contributed by atoms with E-state index in [2.05, 4.69) is 30.7 Å². The van der Waals surface area contributed by atoms with Crippen molar-refractivity contribution in [3.8, 4) is 0 Å². The molecule has 3 heteroatoms. The Bertz CT molecular complexity index is 232. The average Bonchev–Trinajstić information content (AvgIpc) is 2.26. The molecule has 2 N–H and O–H groups in total. The highest BCUT2D eigenvalue weighted by molar-refractivity contribution is 4.85. The molecule has 2 aliphatic rings. The highest BCUT2D eigenvalue weighted by Gasteiger charge is 2.29. The molecule has 2 rings (SSSR count). The molecule has 1 saturated heterocycles. The number of hydrogen-bond donors (Lipinski definition) is 1. The molecule has 2 fully saturated rings. The van der Waals surface area contributed by atoms with Crippen molar-refractivity contribution < 1.29 is 0 Å². The van der Waals surface area contributed by atoms with E-state index in [0.717, 1.165) is 5.92 Å². The Hall–Kier alpha value is -0.120. The van der Waals surface area contributed by atoms with Crippen molar-refractivity contribution in [3.05, 3.63) is 0 Å². The van der Waals surface area contributed by atoms with Crippen LogP contribution in [0.1, 0.15) is 39.5 Å². The minimum absolute atomic E-state index is 0.469. The SMILES string of the molecule is CC1CN(CC2CCCC(N)C2)CC(C)N1C. The molecule has 100 valence electrons. The lowest BCUT2D eigenvalue weighted by Crippen LogP contribution is -2.55. The maximum atomic E-state index is 6.08. The number of nitrogens with zero attached hydrogens (tertiary/aromatic N) is 2. The van der Waals surface area contributed by atoms with Crippen LogP contribution in [0.25, 0.3) is 0 Å². The lowest BCUT2D eigenvalue weighted by Gasteiger charge is -2.44. The molecule has 0 spiro atoms. The van der Waals surface area contributed by atoms with Gasteiger partial charge in [0.05, 0.1) is 0 Å². The molecular weight excluding hydrogens is 210 g/mol. The van der Waals surface area contributed by atoms with Crippen molar-refractivity contribution in [3.63, 3.8) is 0 Å². The summed E-state index contributed by atoms with van der Waals surface area (Å²) >= 11 is 0. The van der Waals surface area contributed by atoms with Gasteiger partial charge in [0.25, 0.3) is 0 Å². The first kappa shape index (κ1) is 13.3. The molecule has 0 aromatic heterocycles. The molecule has 0 radical (unpaired) electrons. The minimum atomic E-state index is 0.469. The zero-order valence-electron chi connectivity index (χ0n) is 11.7. The zero-order chi connectivity index (χ0) is 12.4. The van der Waals surface area contributed by atoms with Crippen LogP contribution in [-0.4, -0.2) is 54.6 Å². The molecule has 0 amide bonds. The maximum Gasteiger partial charge on any atom is 0.0195 e. The largest absolute Gasteiger partial charge is 0.328 e. The topological polar surface area (TPSA) is 32.5 Å². The second-order valence-electron chi connectivity index (χ2n) is 6.37. The van der Waals surface area contributed by atoms with Gasteiger partial charge in [0, 0.05) is 37.8 Å². The van der Waals surface area contributed by atoms with Crippen molar-refractivity contribution in [2.24, 2.45) is 11.7 Å². The van der Waals surface area contributed by atoms with Crippen LogP contribution < -0.4 is 5.73 Å². The van der Waals surface area contributed by atoms with Crippen molar-refractivity contribution in [2.45, 2.75) is 57.7 Å². The lowest BCUT2D eigenvalue weighted by molar-refractivity contribution is 0.0458. The standard InChI is InChI=1S/C14H29N3/c1-11-8-17(9-12(2)16(11)3)10-13-5-4-6-14(15)7-13/h11-14H,4-10,15H2,1-3H3. The van der Waals surface area contributed by atoms with Gasteiger partial charge < -0.3 is 5.73 Å². The summed E-state index contributed by atoms with van der Waals surface area (Å²) in [6, 6.07) is 1.85. The normalized spacial score (nSPS) is 41.6. The molecule has 1 aliphatic heterocycles. The molecule has 17 heavy (non-hydrogen) atoms. The number of rotatable bonds is 2. The summed E-state index contributed by atoms with van der Waals surface area (Å²) in [6.07, 6.45) is 5.22. The average molecular weight is 239 g/mol. The summed E-state index contributed by atoms with van der Waals surface area (Å²) in [5.41, 5.74) is 6.08. The van der Waals surface area contributed by atoms with Gasteiger partial charge in [-0.05, 0) is 46.1 Å². The van der Waals surface area contributed by atoms with Crippen LogP contribution >= 0.6 is 0 Å². The minimum Gasteiger partial charge on any atom is -0.328 e. The molecule has 3 nitrogen and oxygen atoms in total. The van der Waals surface area contributed by atoms with Crippen LogP contribution in [0.3, 0.4) is 0 Å². The Morgan fingerprint density at radius 3 is 2.35 bits per heavy atom. The van der Waals surface area contributed by atoms with Crippen LogP contribution in [-0.2, 0) is 0 Å². The molecule has 1 saturated carbocycles. The summed E-state index contributed by atoms with van der Waals surface area (Å²) < 4.78 is 0. The highest BCUT2D eigenvalue weighted by atomic mass is 15.3. The Morgan fingerprint density at radius 1 is 1.12 bits per heavy atom. The van der Waals surface area contributed by atoms with Crippen LogP contribution in [0.5, 0.6) is 0 Å². The van der Waals surface area contributed by atoms with Gasteiger partial charge in [0.2, 0.25) is 0 Å². The van der Waals surface area contributed by atoms with Crippen LogP contribution in [0.15, 0.2) is 0 Å². The second-order valence-corrected chi connectivity index (χ2v) is 6.37. The van der Waals surface area contributed by atoms with Gasteiger partial charge in [-0.25, -0.2) is 0 Å². The van der Waals surface area contributed by atoms with Crippen LogP contribution in [0, 0.1) is 5.92 Å². The predicted molar refractivity (Wildman–Crippen MR) is 73.1 cm³/mol. The Balaban J connectivity index is 1.82. The number of hydrogen-bond acceptors (Lipinski definition) is 3. The molecule has 0 aromatic rings. The van der Waals surface area contributed by atoms with Gasteiger partial charge >= 0.3 is 0 Å². The first-order valence-electron chi connectivity index (χ1n) is 7.26. The Kier molecular flexibility index (Phi) is 4.45. The van der Waals surface area contributed by atoms with E-state index in [-0.39, 0.29) is 0 Å². The van der Waals surface area contributed by atoms with E-state index in [0.29, 0.717) is 18.1 Å². The number of piperazine rings is 1. The van der Waals surface area contributed by atoms with Crippen molar-refractivity contribution in [2.75, 3.05) is 26.7 Å². The van der Waals surface area contributed by atoms with Gasteiger partial charge in [-0.3, -0.25) is 9.80 Å². The number of nitrogens with two attached hydrogens (primary N) is 1. The van der Waals surface area contributed by atoms with Gasteiger partial charge in [0.15, 0.2) is 0 Å². The summed E-state index contributed by atoms with van der Waals surface area (Å²) in [5, 5.41) is 0. The first-order chi connectivity index (χ1) is 8.06.